The van der Waals surface area contributed by atoms with Crippen molar-refractivity contribution in [1.29, 1.82) is 0 Å². The van der Waals surface area contributed by atoms with E-state index in [1.807, 2.05) is 12.1 Å². The molecule has 0 bridgehead atoms. The summed E-state index contributed by atoms with van der Waals surface area (Å²) in [5.74, 6) is 0. The van der Waals surface area contributed by atoms with Crippen molar-refractivity contribution in [3.63, 3.8) is 0 Å². The van der Waals surface area contributed by atoms with Gasteiger partial charge in [0.1, 0.15) is 0 Å². The minimum atomic E-state index is -0.795. The van der Waals surface area contributed by atoms with Crippen molar-refractivity contribution in [3.05, 3.63) is 62.7 Å². The number of rotatable bonds is 22. The third-order valence-corrected chi connectivity index (χ3v) is 6.86. The smallest absolute Gasteiger partial charge is 0.348 e. The number of azo groups is 1. The van der Waals surface area contributed by atoms with Gasteiger partial charge in [-0.1, -0.05) is 103 Å². The molecule has 0 saturated carbocycles. The second kappa shape index (κ2) is 19.7. The van der Waals surface area contributed by atoms with Crippen LogP contribution >= 0.6 is 0 Å². The Labute approximate surface area is 232 Å². The first-order valence-corrected chi connectivity index (χ1v) is 14.7. The van der Waals surface area contributed by atoms with E-state index in [0.717, 1.165) is 30.8 Å². The van der Waals surface area contributed by atoms with Gasteiger partial charge in [0.15, 0.2) is 0 Å². The quantitative estimate of drug-likeness (QED) is 0.0689. The number of hydrogen-bond donors (Lipinski definition) is 1. The molecule has 0 spiro atoms. The molecule has 0 amide bonds. The first-order chi connectivity index (χ1) is 19.0. The molecule has 214 valence electrons. The van der Waals surface area contributed by atoms with Gasteiger partial charge in [-0.15, -0.1) is 0 Å². The Hall–Kier alpha value is -3.36. The number of hydrogen-bond acceptors (Lipinski definition) is 7. The number of nitrogens with one attached hydrogen (secondary N) is 1. The molecule has 0 heterocycles. The van der Waals surface area contributed by atoms with Gasteiger partial charge in [-0.05, 0) is 36.8 Å². The molecule has 0 aromatic heterocycles. The molecular formula is C30H45N5O4. The zero-order valence-electron chi connectivity index (χ0n) is 23.5. The van der Waals surface area contributed by atoms with Crippen LogP contribution in [0.5, 0.6) is 0 Å². The SMILES string of the molecule is CCCCCCCCCCCCCCCCCCNc1ccc(N=Nc2ccc([N+](=O)[O-])c([N+](=O)[O-])c2)cc1. The van der Waals surface area contributed by atoms with Crippen LogP contribution in [0.1, 0.15) is 110 Å². The second-order valence-electron chi connectivity index (χ2n) is 10.2. The van der Waals surface area contributed by atoms with Gasteiger partial charge < -0.3 is 5.32 Å². The van der Waals surface area contributed by atoms with Crippen molar-refractivity contribution < 1.29 is 9.85 Å². The van der Waals surface area contributed by atoms with Crippen LogP contribution in [-0.2, 0) is 0 Å². The monoisotopic (exact) mass is 539 g/mol. The Kier molecular flexibility index (Phi) is 16.1. The minimum absolute atomic E-state index is 0.179. The molecule has 0 aliphatic carbocycles. The molecule has 0 aliphatic heterocycles. The molecule has 0 radical (unpaired) electrons. The van der Waals surface area contributed by atoms with Crippen LogP contribution in [0.15, 0.2) is 52.7 Å². The lowest BCUT2D eigenvalue weighted by Gasteiger charge is -2.07. The fourth-order valence-corrected chi connectivity index (χ4v) is 4.54. The average Bonchev–Trinajstić information content (AvgIpc) is 2.94. The molecule has 1 N–H and O–H groups in total. The van der Waals surface area contributed by atoms with E-state index in [-0.39, 0.29) is 5.69 Å². The predicted molar refractivity (Wildman–Crippen MR) is 158 cm³/mol. The third kappa shape index (κ3) is 13.8. The van der Waals surface area contributed by atoms with E-state index in [0.29, 0.717) is 5.69 Å². The fourth-order valence-electron chi connectivity index (χ4n) is 4.54. The molecule has 39 heavy (non-hydrogen) atoms. The number of nitro benzene ring substituents is 2. The summed E-state index contributed by atoms with van der Waals surface area (Å²) in [7, 11) is 0. The molecule has 9 nitrogen and oxygen atoms in total. The van der Waals surface area contributed by atoms with Crippen LogP contribution in [0.25, 0.3) is 0 Å². The van der Waals surface area contributed by atoms with Crippen molar-refractivity contribution in [1.82, 2.24) is 0 Å². The molecule has 0 unspecified atom stereocenters. The summed E-state index contributed by atoms with van der Waals surface area (Å²) in [4.78, 5) is 20.4. The van der Waals surface area contributed by atoms with Gasteiger partial charge in [0.25, 0.3) is 0 Å². The van der Waals surface area contributed by atoms with Crippen molar-refractivity contribution >= 4 is 28.4 Å². The van der Waals surface area contributed by atoms with Crippen LogP contribution in [0.4, 0.5) is 28.4 Å². The van der Waals surface area contributed by atoms with E-state index in [1.54, 1.807) is 12.1 Å². The maximum atomic E-state index is 11.1. The van der Waals surface area contributed by atoms with Gasteiger partial charge in [0, 0.05) is 18.3 Å². The summed E-state index contributed by atoms with van der Waals surface area (Å²) >= 11 is 0. The molecule has 0 aliphatic rings. The maximum Gasteiger partial charge on any atom is 0.348 e. The third-order valence-electron chi connectivity index (χ3n) is 6.86. The highest BCUT2D eigenvalue weighted by Gasteiger charge is 2.24. The van der Waals surface area contributed by atoms with Crippen LogP contribution in [-0.4, -0.2) is 16.4 Å². The predicted octanol–water partition coefficient (Wildman–Crippen LogP) is 10.6. The zero-order valence-corrected chi connectivity index (χ0v) is 23.5. The van der Waals surface area contributed by atoms with E-state index in [9.17, 15) is 20.2 Å². The van der Waals surface area contributed by atoms with E-state index in [4.69, 9.17) is 0 Å². The van der Waals surface area contributed by atoms with Gasteiger partial charge in [-0.2, -0.15) is 10.2 Å². The molecule has 0 fully saturated rings. The molecular weight excluding hydrogens is 494 g/mol. The van der Waals surface area contributed by atoms with E-state index in [2.05, 4.69) is 22.5 Å². The summed E-state index contributed by atoms with van der Waals surface area (Å²) in [6.45, 7) is 3.19. The van der Waals surface area contributed by atoms with E-state index >= 15 is 0 Å². The highest BCUT2D eigenvalue weighted by atomic mass is 16.6. The average molecular weight is 540 g/mol. The summed E-state index contributed by atoms with van der Waals surface area (Å²) in [5, 5.41) is 33.5. The number of nitro groups is 2. The lowest BCUT2D eigenvalue weighted by atomic mass is 10.0. The van der Waals surface area contributed by atoms with Crippen molar-refractivity contribution in [2.24, 2.45) is 10.2 Å². The largest absolute Gasteiger partial charge is 0.385 e. The first-order valence-electron chi connectivity index (χ1n) is 14.7. The van der Waals surface area contributed by atoms with Gasteiger partial charge in [-0.3, -0.25) is 20.2 Å². The van der Waals surface area contributed by atoms with Crippen LogP contribution < -0.4 is 5.32 Å². The molecule has 9 heteroatoms. The summed E-state index contributed by atoms with van der Waals surface area (Å²) in [5.41, 5.74) is 0.589. The Morgan fingerprint density at radius 2 is 1.03 bits per heavy atom. The second-order valence-corrected chi connectivity index (χ2v) is 10.2. The van der Waals surface area contributed by atoms with Crippen molar-refractivity contribution in [2.75, 3.05) is 11.9 Å². The van der Waals surface area contributed by atoms with Crippen molar-refractivity contribution in [3.8, 4) is 0 Å². The fraction of sp³-hybridized carbons (Fsp3) is 0.600. The summed E-state index contributed by atoms with van der Waals surface area (Å²) in [6, 6.07) is 10.9. The molecule has 0 atom stereocenters. The first kappa shape index (κ1) is 31.9. The number of benzene rings is 2. The molecule has 0 saturated heterocycles. The van der Waals surface area contributed by atoms with Crippen molar-refractivity contribution in [2.45, 2.75) is 110 Å². The lowest BCUT2D eigenvalue weighted by Crippen LogP contribution is -2.00. The maximum absolute atomic E-state index is 11.1. The Morgan fingerprint density at radius 1 is 0.590 bits per heavy atom. The van der Waals surface area contributed by atoms with Gasteiger partial charge in [0.2, 0.25) is 0 Å². The van der Waals surface area contributed by atoms with Gasteiger partial charge in [0.05, 0.1) is 27.3 Å². The number of anilines is 1. The van der Waals surface area contributed by atoms with E-state index in [1.165, 1.54) is 102 Å². The normalized spacial score (nSPS) is 11.2. The topological polar surface area (TPSA) is 123 Å². The van der Waals surface area contributed by atoms with Gasteiger partial charge in [-0.25, -0.2) is 0 Å². The van der Waals surface area contributed by atoms with E-state index < -0.39 is 21.2 Å². The Balaban J connectivity index is 1.52. The van der Waals surface area contributed by atoms with Crippen LogP contribution in [0.3, 0.4) is 0 Å². The van der Waals surface area contributed by atoms with Gasteiger partial charge >= 0.3 is 11.4 Å². The van der Waals surface area contributed by atoms with Crippen LogP contribution in [0.2, 0.25) is 0 Å². The highest BCUT2D eigenvalue weighted by molar-refractivity contribution is 5.60. The zero-order chi connectivity index (χ0) is 28.1. The molecule has 2 rings (SSSR count). The van der Waals surface area contributed by atoms with Crippen LogP contribution in [0, 0.1) is 20.2 Å². The summed E-state index contributed by atoms with van der Waals surface area (Å²) in [6.07, 6.45) is 21.8. The Morgan fingerprint density at radius 3 is 1.51 bits per heavy atom. The number of nitrogens with zero attached hydrogens (tertiary/aromatic N) is 4. The number of unbranched alkanes of at least 4 members (excludes halogenated alkanes) is 15. The summed E-state index contributed by atoms with van der Waals surface area (Å²) < 4.78 is 0. The standard InChI is InChI=1S/C30H45N5O4/c1-2-3-4-5-6-7-8-9-10-11-12-13-14-15-16-17-24-31-26-18-20-27(21-19-26)32-33-28-22-23-29(34(36)37)30(25-28)35(38)39/h18-23,25,31H,2-17,24H2,1H3. The Bertz CT molecular complexity index is 1010. The minimum Gasteiger partial charge on any atom is -0.385 e. The lowest BCUT2D eigenvalue weighted by molar-refractivity contribution is -0.422. The molecule has 2 aromatic carbocycles. The highest BCUT2D eigenvalue weighted by Crippen LogP contribution is 2.31. The molecule has 2 aromatic rings.